The normalized spacial score (nSPS) is 10.5. The highest BCUT2D eigenvalue weighted by Gasteiger charge is 2.11. The van der Waals surface area contributed by atoms with E-state index in [2.05, 4.69) is 15.3 Å². The molecule has 0 unspecified atom stereocenters. The van der Waals surface area contributed by atoms with Crippen molar-refractivity contribution in [2.45, 2.75) is 4.90 Å². The summed E-state index contributed by atoms with van der Waals surface area (Å²) in [5, 5.41) is 16.6. The van der Waals surface area contributed by atoms with Gasteiger partial charge in [-0.05, 0) is 40.4 Å². The van der Waals surface area contributed by atoms with Crippen LogP contribution >= 0.6 is 23.1 Å². The molecule has 3 aromatic rings. The quantitative estimate of drug-likeness (QED) is 0.414. The smallest absolute Gasteiger partial charge is 0.358 e. The number of rotatable bonds is 5. The van der Waals surface area contributed by atoms with Crippen molar-refractivity contribution in [3.8, 4) is 11.3 Å². The second kappa shape index (κ2) is 6.76. The van der Waals surface area contributed by atoms with Crippen LogP contribution in [0.5, 0.6) is 0 Å². The Kier molecular flexibility index (Phi) is 4.54. The molecule has 2 aromatic heterocycles. The number of nitrogens with one attached hydrogen (secondary N) is 1. The Labute approximate surface area is 140 Å². The number of pyridine rings is 1. The van der Waals surface area contributed by atoms with Gasteiger partial charge >= 0.3 is 5.82 Å². The largest absolute Gasteiger partial charge is 0.364 e. The third kappa shape index (κ3) is 3.66. The predicted molar refractivity (Wildman–Crippen MR) is 93.5 cm³/mol. The van der Waals surface area contributed by atoms with E-state index < -0.39 is 4.92 Å². The van der Waals surface area contributed by atoms with Gasteiger partial charge in [-0.2, -0.15) is 0 Å². The molecule has 0 saturated heterocycles. The van der Waals surface area contributed by atoms with Crippen LogP contribution in [0.4, 0.5) is 16.6 Å². The average Bonchev–Trinajstić information content (AvgIpc) is 3.03. The lowest BCUT2D eigenvalue weighted by atomic mass is 10.2. The lowest BCUT2D eigenvalue weighted by molar-refractivity contribution is -0.389. The first-order valence-electron chi connectivity index (χ1n) is 6.63. The maximum absolute atomic E-state index is 10.8. The van der Waals surface area contributed by atoms with Gasteiger partial charge in [-0.1, -0.05) is 6.07 Å². The van der Waals surface area contributed by atoms with Gasteiger partial charge in [0.15, 0.2) is 5.13 Å². The third-order valence-electron chi connectivity index (χ3n) is 3.05. The van der Waals surface area contributed by atoms with E-state index in [0.29, 0.717) is 11.3 Å². The number of nitrogens with zero attached hydrogens (tertiary/aromatic N) is 3. The summed E-state index contributed by atoms with van der Waals surface area (Å²) in [6, 6.07) is 11.2. The van der Waals surface area contributed by atoms with Gasteiger partial charge in [0, 0.05) is 27.6 Å². The molecule has 0 radical (unpaired) electrons. The number of hydrogen-bond acceptors (Lipinski definition) is 7. The molecule has 8 heteroatoms. The fourth-order valence-electron chi connectivity index (χ4n) is 1.97. The number of anilines is 2. The molecule has 0 bridgehead atoms. The Balaban J connectivity index is 1.83. The molecule has 0 amide bonds. The van der Waals surface area contributed by atoms with E-state index in [-0.39, 0.29) is 5.82 Å². The monoisotopic (exact) mass is 344 g/mol. The summed E-state index contributed by atoms with van der Waals surface area (Å²) in [6.07, 6.45) is 3.44. The maximum atomic E-state index is 10.8. The molecule has 0 atom stereocenters. The number of thiazole rings is 1. The summed E-state index contributed by atoms with van der Waals surface area (Å²) in [5.74, 6) is -0.183. The van der Waals surface area contributed by atoms with E-state index in [1.165, 1.54) is 23.6 Å². The molecule has 0 saturated carbocycles. The van der Waals surface area contributed by atoms with Crippen molar-refractivity contribution in [3.63, 3.8) is 0 Å². The molecule has 116 valence electrons. The van der Waals surface area contributed by atoms with Crippen molar-refractivity contribution in [1.82, 2.24) is 9.97 Å². The molecule has 0 aliphatic carbocycles. The first-order valence-corrected chi connectivity index (χ1v) is 8.73. The molecule has 6 nitrogen and oxygen atoms in total. The molecular weight excluding hydrogens is 332 g/mol. The molecule has 0 fully saturated rings. The zero-order valence-corrected chi connectivity index (χ0v) is 13.7. The van der Waals surface area contributed by atoms with Crippen LogP contribution in [0.15, 0.2) is 52.9 Å². The highest BCUT2D eigenvalue weighted by atomic mass is 32.2. The van der Waals surface area contributed by atoms with Crippen LogP contribution in [0.25, 0.3) is 11.3 Å². The summed E-state index contributed by atoms with van der Waals surface area (Å²) < 4.78 is 0. The number of nitro groups is 1. The van der Waals surface area contributed by atoms with Gasteiger partial charge in [-0.15, -0.1) is 23.1 Å². The summed E-state index contributed by atoms with van der Waals surface area (Å²) in [5.41, 5.74) is 2.32. The van der Waals surface area contributed by atoms with Crippen LogP contribution in [-0.2, 0) is 0 Å². The van der Waals surface area contributed by atoms with E-state index in [0.717, 1.165) is 15.7 Å². The molecule has 0 aliphatic heterocycles. The number of thioether (sulfide) groups is 1. The van der Waals surface area contributed by atoms with Crippen LogP contribution in [0.1, 0.15) is 0 Å². The zero-order valence-electron chi connectivity index (χ0n) is 12.1. The van der Waals surface area contributed by atoms with Gasteiger partial charge in [0.1, 0.15) is 6.20 Å². The summed E-state index contributed by atoms with van der Waals surface area (Å²) in [7, 11) is 0. The Bertz CT molecular complexity index is 851. The third-order valence-corrected chi connectivity index (χ3v) is 4.54. The van der Waals surface area contributed by atoms with E-state index in [1.807, 2.05) is 35.9 Å². The van der Waals surface area contributed by atoms with E-state index in [1.54, 1.807) is 17.8 Å². The lowest BCUT2D eigenvalue weighted by Crippen LogP contribution is -1.92. The van der Waals surface area contributed by atoms with Gasteiger partial charge in [0.25, 0.3) is 0 Å². The standard InChI is InChI=1S/C15H12N4O2S2/c1-22-12-4-2-3-11(8-12)17-15-18-13(9-23-15)10-5-6-16-14(7-10)19(20)21/h2-9H,1H3,(H,17,18). The van der Waals surface area contributed by atoms with Crippen LogP contribution in [0.3, 0.4) is 0 Å². The number of hydrogen-bond donors (Lipinski definition) is 1. The number of aromatic nitrogens is 2. The van der Waals surface area contributed by atoms with Gasteiger partial charge < -0.3 is 15.4 Å². The second-order valence-electron chi connectivity index (χ2n) is 4.55. The Morgan fingerprint density at radius 3 is 2.96 bits per heavy atom. The minimum atomic E-state index is -0.511. The summed E-state index contributed by atoms with van der Waals surface area (Å²) in [4.78, 5) is 19.7. The molecule has 0 aliphatic rings. The minimum absolute atomic E-state index is 0.183. The topological polar surface area (TPSA) is 81.0 Å². The fourth-order valence-corrected chi connectivity index (χ4v) is 3.16. The molecule has 0 spiro atoms. The van der Waals surface area contributed by atoms with E-state index >= 15 is 0 Å². The SMILES string of the molecule is CSc1cccc(Nc2nc(-c3ccnc([N+](=O)[O-])c3)cs2)c1. The Hall–Kier alpha value is -2.45. The van der Waals surface area contributed by atoms with Crippen LogP contribution in [0.2, 0.25) is 0 Å². The first-order chi connectivity index (χ1) is 11.2. The van der Waals surface area contributed by atoms with Gasteiger partial charge in [-0.25, -0.2) is 4.98 Å². The van der Waals surface area contributed by atoms with Crippen molar-refractivity contribution in [2.75, 3.05) is 11.6 Å². The number of benzene rings is 1. The van der Waals surface area contributed by atoms with Crippen molar-refractivity contribution >= 4 is 39.7 Å². The van der Waals surface area contributed by atoms with Gasteiger partial charge in [-0.3, -0.25) is 0 Å². The molecule has 3 rings (SSSR count). The zero-order chi connectivity index (χ0) is 16.2. The first kappa shape index (κ1) is 15.4. The highest BCUT2D eigenvalue weighted by Crippen LogP contribution is 2.29. The van der Waals surface area contributed by atoms with Crippen molar-refractivity contribution in [1.29, 1.82) is 0 Å². The van der Waals surface area contributed by atoms with Crippen LogP contribution in [0, 0.1) is 10.1 Å². The Morgan fingerprint density at radius 2 is 2.17 bits per heavy atom. The van der Waals surface area contributed by atoms with E-state index in [4.69, 9.17) is 0 Å². The molecule has 1 aromatic carbocycles. The maximum Gasteiger partial charge on any atom is 0.364 e. The van der Waals surface area contributed by atoms with Gasteiger partial charge in [0.05, 0.1) is 5.69 Å². The molecule has 2 heterocycles. The predicted octanol–water partition coefficient (Wildman–Crippen LogP) is 4.58. The lowest BCUT2D eigenvalue weighted by Gasteiger charge is -2.04. The molecular formula is C15H12N4O2S2. The summed E-state index contributed by atoms with van der Waals surface area (Å²) >= 11 is 3.12. The molecule has 1 N–H and O–H groups in total. The Morgan fingerprint density at radius 1 is 1.30 bits per heavy atom. The second-order valence-corrected chi connectivity index (χ2v) is 6.29. The van der Waals surface area contributed by atoms with Crippen molar-refractivity contribution in [2.24, 2.45) is 0 Å². The fraction of sp³-hybridized carbons (Fsp3) is 0.0667. The average molecular weight is 344 g/mol. The summed E-state index contributed by atoms with van der Waals surface area (Å²) in [6.45, 7) is 0. The minimum Gasteiger partial charge on any atom is -0.358 e. The van der Waals surface area contributed by atoms with Crippen molar-refractivity contribution < 1.29 is 4.92 Å². The van der Waals surface area contributed by atoms with Crippen molar-refractivity contribution in [3.05, 3.63) is 58.1 Å². The van der Waals surface area contributed by atoms with Crippen LogP contribution < -0.4 is 5.32 Å². The van der Waals surface area contributed by atoms with Crippen LogP contribution in [-0.4, -0.2) is 21.1 Å². The van der Waals surface area contributed by atoms with Gasteiger partial charge in [0.2, 0.25) is 0 Å². The van der Waals surface area contributed by atoms with E-state index in [9.17, 15) is 10.1 Å². The molecule has 23 heavy (non-hydrogen) atoms. The highest BCUT2D eigenvalue weighted by molar-refractivity contribution is 7.98.